The lowest BCUT2D eigenvalue weighted by atomic mass is 10.1. The van der Waals surface area contributed by atoms with Gasteiger partial charge in [-0.2, -0.15) is 0 Å². The highest BCUT2D eigenvalue weighted by molar-refractivity contribution is 6.10. The Labute approximate surface area is 238 Å². The minimum atomic E-state index is 0.788. The van der Waals surface area contributed by atoms with Gasteiger partial charge in [-0.3, -0.25) is 4.57 Å². The van der Waals surface area contributed by atoms with E-state index in [9.17, 15) is 0 Å². The molecule has 8 rings (SSSR count). The van der Waals surface area contributed by atoms with Crippen LogP contribution in [0.2, 0.25) is 0 Å². The zero-order chi connectivity index (χ0) is 27.2. The average Bonchev–Trinajstić information content (AvgIpc) is 3.26. The number of rotatable bonds is 4. The summed E-state index contributed by atoms with van der Waals surface area (Å²) >= 11 is 0. The minimum Gasteiger partial charge on any atom is -0.457 e. The summed E-state index contributed by atoms with van der Waals surface area (Å²) in [4.78, 5) is 7.06. The number of para-hydroxylation sites is 3. The van der Waals surface area contributed by atoms with Crippen molar-refractivity contribution >= 4 is 51.0 Å². The van der Waals surface area contributed by atoms with E-state index in [-0.39, 0.29) is 0 Å². The molecular weight excluding hydrogens is 502 g/mol. The van der Waals surface area contributed by atoms with Crippen molar-refractivity contribution in [1.29, 1.82) is 0 Å². The highest BCUT2D eigenvalue weighted by Gasteiger charge is 2.22. The van der Waals surface area contributed by atoms with E-state index in [1.165, 1.54) is 10.8 Å². The van der Waals surface area contributed by atoms with Crippen LogP contribution in [0, 0.1) is 0 Å². The molecule has 0 bridgehead atoms. The van der Waals surface area contributed by atoms with E-state index in [4.69, 9.17) is 9.72 Å². The van der Waals surface area contributed by atoms with Crippen molar-refractivity contribution in [3.8, 4) is 17.3 Å². The topological polar surface area (TPSA) is 30.3 Å². The van der Waals surface area contributed by atoms with Crippen molar-refractivity contribution in [2.24, 2.45) is 0 Å². The van der Waals surface area contributed by atoms with Gasteiger partial charge in [-0.15, -0.1) is 0 Å². The summed E-state index contributed by atoms with van der Waals surface area (Å²) in [7, 11) is 0. The van der Waals surface area contributed by atoms with Crippen molar-refractivity contribution in [2.75, 3.05) is 4.90 Å². The molecule has 0 saturated heterocycles. The summed E-state index contributed by atoms with van der Waals surface area (Å²) in [5.74, 6) is 2.49. The first-order valence-corrected chi connectivity index (χ1v) is 13.7. The smallest absolute Gasteiger partial charge is 0.137 e. The molecule has 1 aliphatic heterocycles. The first-order chi connectivity index (χ1) is 20.3. The van der Waals surface area contributed by atoms with Crippen LogP contribution in [0.5, 0.6) is 11.5 Å². The Kier molecular flexibility index (Phi) is 5.42. The second kappa shape index (κ2) is 9.54. The van der Waals surface area contributed by atoms with Crippen LogP contribution in [0.3, 0.4) is 0 Å². The summed E-state index contributed by atoms with van der Waals surface area (Å²) in [6.07, 6.45) is 6.22. The monoisotopic (exact) mass is 527 g/mol. The molecular formula is C37H25N3O. The Morgan fingerprint density at radius 1 is 0.512 bits per heavy atom. The molecule has 194 valence electrons. The second-order valence-corrected chi connectivity index (χ2v) is 10.1. The Morgan fingerprint density at radius 2 is 1.27 bits per heavy atom. The molecule has 2 aromatic heterocycles. The van der Waals surface area contributed by atoms with Crippen LogP contribution in [0.15, 0.2) is 140 Å². The molecule has 5 aromatic carbocycles. The van der Waals surface area contributed by atoms with Gasteiger partial charge in [0.25, 0.3) is 0 Å². The van der Waals surface area contributed by atoms with E-state index in [1.807, 2.05) is 54.7 Å². The molecule has 0 amide bonds. The standard InChI is InChI=1S/C37H25N3O/c1-2-11-29(12-3-1)41-30-21-19-27-18-17-26-10-4-6-14-33(26)39(35(27)25-30)28-20-22-32-31-13-5-7-15-34(31)40(36(32)24-28)37-16-8-9-23-38-37/h1-25H. The van der Waals surface area contributed by atoms with Gasteiger partial charge in [0.05, 0.1) is 22.4 Å². The highest BCUT2D eigenvalue weighted by atomic mass is 16.5. The molecule has 4 heteroatoms. The van der Waals surface area contributed by atoms with Gasteiger partial charge in [0.2, 0.25) is 0 Å². The molecule has 1 aliphatic rings. The molecule has 0 radical (unpaired) electrons. The maximum Gasteiger partial charge on any atom is 0.137 e. The largest absolute Gasteiger partial charge is 0.457 e. The van der Waals surface area contributed by atoms with E-state index < -0.39 is 0 Å². The molecule has 0 spiro atoms. The van der Waals surface area contributed by atoms with E-state index >= 15 is 0 Å². The van der Waals surface area contributed by atoms with E-state index in [0.29, 0.717) is 0 Å². The van der Waals surface area contributed by atoms with Crippen molar-refractivity contribution in [2.45, 2.75) is 0 Å². The quantitative estimate of drug-likeness (QED) is 0.228. The Bertz CT molecular complexity index is 2080. The van der Waals surface area contributed by atoms with E-state index in [0.717, 1.165) is 56.5 Å². The number of ether oxygens (including phenoxy) is 1. The predicted octanol–water partition coefficient (Wildman–Crippen LogP) is 9.92. The third-order valence-corrected chi connectivity index (χ3v) is 7.64. The molecule has 0 fully saturated rings. The maximum absolute atomic E-state index is 6.28. The van der Waals surface area contributed by atoms with Crippen LogP contribution in [0.1, 0.15) is 11.1 Å². The maximum atomic E-state index is 6.28. The zero-order valence-electron chi connectivity index (χ0n) is 22.2. The lowest BCUT2D eigenvalue weighted by Gasteiger charge is -2.28. The first-order valence-electron chi connectivity index (χ1n) is 13.7. The number of nitrogens with zero attached hydrogens (tertiary/aromatic N) is 3. The van der Waals surface area contributed by atoms with Crippen LogP contribution < -0.4 is 9.64 Å². The predicted molar refractivity (Wildman–Crippen MR) is 169 cm³/mol. The van der Waals surface area contributed by atoms with Crippen molar-refractivity contribution in [1.82, 2.24) is 9.55 Å². The molecule has 0 N–H and O–H groups in total. The van der Waals surface area contributed by atoms with Crippen molar-refractivity contribution in [3.63, 3.8) is 0 Å². The van der Waals surface area contributed by atoms with Gasteiger partial charge in [0, 0.05) is 28.7 Å². The van der Waals surface area contributed by atoms with E-state index in [2.05, 4.69) is 107 Å². The van der Waals surface area contributed by atoms with Crippen LogP contribution in [-0.4, -0.2) is 9.55 Å². The fourth-order valence-corrected chi connectivity index (χ4v) is 5.80. The average molecular weight is 528 g/mol. The fourth-order valence-electron chi connectivity index (χ4n) is 5.80. The van der Waals surface area contributed by atoms with E-state index in [1.54, 1.807) is 0 Å². The van der Waals surface area contributed by atoms with Gasteiger partial charge >= 0.3 is 0 Å². The fraction of sp³-hybridized carbons (Fsp3) is 0. The van der Waals surface area contributed by atoms with Crippen LogP contribution in [-0.2, 0) is 0 Å². The molecule has 0 saturated carbocycles. The molecule has 0 unspecified atom stereocenters. The number of pyridine rings is 1. The number of anilines is 3. The zero-order valence-corrected chi connectivity index (χ0v) is 22.2. The summed E-state index contributed by atoms with van der Waals surface area (Å²) in [6.45, 7) is 0. The number of benzene rings is 5. The number of hydrogen-bond donors (Lipinski definition) is 0. The van der Waals surface area contributed by atoms with Crippen LogP contribution in [0.25, 0.3) is 39.8 Å². The second-order valence-electron chi connectivity index (χ2n) is 10.1. The first kappa shape index (κ1) is 23.3. The van der Waals surface area contributed by atoms with Crippen molar-refractivity contribution < 1.29 is 4.74 Å². The van der Waals surface area contributed by atoms with Gasteiger partial charge < -0.3 is 9.64 Å². The van der Waals surface area contributed by atoms with Crippen molar-refractivity contribution in [3.05, 3.63) is 151 Å². The van der Waals surface area contributed by atoms with Gasteiger partial charge in [0.15, 0.2) is 0 Å². The molecule has 0 atom stereocenters. The Hall–Kier alpha value is -5.61. The van der Waals surface area contributed by atoms with Gasteiger partial charge in [0.1, 0.15) is 17.3 Å². The SMILES string of the molecule is C1=Cc2ccc(Oc3ccccc3)cc2N(c2ccc3c4ccccc4n(-c4ccccn4)c3c2)c2ccccc21. The van der Waals surface area contributed by atoms with Gasteiger partial charge in [-0.25, -0.2) is 4.98 Å². The third-order valence-electron chi connectivity index (χ3n) is 7.64. The van der Waals surface area contributed by atoms with Crippen LogP contribution in [0.4, 0.5) is 17.1 Å². The number of hydrogen-bond acceptors (Lipinski definition) is 3. The normalized spacial score (nSPS) is 12.2. The molecule has 7 aromatic rings. The third kappa shape index (κ3) is 3.97. The number of aromatic nitrogens is 2. The molecule has 4 nitrogen and oxygen atoms in total. The van der Waals surface area contributed by atoms with Crippen LogP contribution >= 0.6 is 0 Å². The molecule has 41 heavy (non-hydrogen) atoms. The Balaban J connectivity index is 1.36. The summed E-state index contributed by atoms with van der Waals surface area (Å²) < 4.78 is 8.54. The molecule has 3 heterocycles. The lowest BCUT2D eigenvalue weighted by molar-refractivity contribution is 0.483. The summed E-state index contributed by atoms with van der Waals surface area (Å²) in [6, 6.07) is 46.0. The number of fused-ring (bicyclic) bond motifs is 5. The highest BCUT2D eigenvalue weighted by Crippen LogP contribution is 2.45. The lowest BCUT2D eigenvalue weighted by Crippen LogP contribution is -2.12. The van der Waals surface area contributed by atoms with Gasteiger partial charge in [-0.05, 0) is 71.8 Å². The summed E-state index contributed by atoms with van der Waals surface area (Å²) in [5, 5.41) is 2.40. The molecule has 0 aliphatic carbocycles. The van der Waals surface area contributed by atoms with Gasteiger partial charge in [-0.1, -0.05) is 78.9 Å². The summed E-state index contributed by atoms with van der Waals surface area (Å²) in [5.41, 5.74) is 7.74. The minimum absolute atomic E-state index is 0.788. The Morgan fingerprint density at radius 3 is 2.15 bits per heavy atom.